The molecule has 14 heavy (non-hydrogen) atoms. The van der Waals surface area contributed by atoms with Crippen molar-refractivity contribution in [3.05, 3.63) is 25.3 Å². The van der Waals surface area contributed by atoms with Crippen molar-refractivity contribution in [2.75, 3.05) is 11.5 Å². The summed E-state index contributed by atoms with van der Waals surface area (Å²) in [6.07, 6.45) is 3.63. The topological polar surface area (TPSA) is 40.5 Å². The Balaban J connectivity index is -0.000000131. The third kappa shape index (κ3) is 77.4. The summed E-state index contributed by atoms with van der Waals surface area (Å²) in [5.74, 6) is 1.87. The number of thiol groups is 2. The van der Waals surface area contributed by atoms with Gasteiger partial charge in [-0.3, -0.25) is 4.32 Å². The van der Waals surface area contributed by atoms with Crippen LogP contribution in [0.3, 0.4) is 0 Å². The van der Waals surface area contributed by atoms with E-state index in [0.717, 1.165) is 11.5 Å². The lowest BCUT2D eigenvalue weighted by atomic mass is 10.3. The van der Waals surface area contributed by atoms with E-state index in [4.69, 9.17) is 10.0 Å². The lowest BCUT2D eigenvalue weighted by Gasteiger charge is -1.72. The van der Waals surface area contributed by atoms with E-state index in [0.29, 0.717) is 0 Å². The van der Waals surface area contributed by atoms with Crippen molar-refractivity contribution in [2.24, 2.45) is 0 Å². The van der Waals surface area contributed by atoms with E-state index in [2.05, 4.69) is 36.5 Å². The van der Waals surface area contributed by atoms with Gasteiger partial charge in [0.1, 0.15) is 0 Å². The van der Waals surface area contributed by atoms with Gasteiger partial charge in [0, 0.05) is 11.5 Å². The molecule has 0 saturated heterocycles. The smallest absolute Gasteiger partial charge is 0.398 e. The van der Waals surface area contributed by atoms with Crippen LogP contribution in [0.1, 0.15) is 0 Å². The summed E-state index contributed by atoms with van der Waals surface area (Å²) in [6, 6.07) is 0. The van der Waals surface area contributed by atoms with Gasteiger partial charge in [-0.1, -0.05) is 33.7 Å². The summed E-state index contributed by atoms with van der Waals surface area (Å²) in [5.41, 5.74) is 0. The zero-order valence-electron chi connectivity index (χ0n) is 7.54. The molecule has 84 valence electrons. The lowest BCUT2D eigenvalue weighted by molar-refractivity contribution is 0.340. The second-order valence-electron chi connectivity index (χ2n) is 1.48. The van der Waals surface area contributed by atoms with E-state index in [-0.39, 0.29) is 0 Å². The van der Waals surface area contributed by atoms with Crippen molar-refractivity contribution in [3.63, 3.8) is 0 Å². The van der Waals surface area contributed by atoms with E-state index < -0.39 is 7.40 Å². The van der Waals surface area contributed by atoms with Gasteiger partial charge in [0.15, 0.2) is 0 Å². The van der Waals surface area contributed by atoms with Gasteiger partial charge in [0.2, 0.25) is 0 Å². The first-order chi connectivity index (χ1) is 6.56. The van der Waals surface area contributed by atoms with E-state index in [9.17, 15) is 4.32 Å². The highest BCUT2D eigenvalue weighted by atomic mass is 33.1. The van der Waals surface area contributed by atoms with Crippen LogP contribution in [-0.2, 0) is 0 Å². The molecule has 2 nitrogen and oxygen atoms in total. The maximum atomic E-state index is 10.1. The van der Waals surface area contributed by atoms with Gasteiger partial charge < -0.3 is 10.0 Å². The fraction of sp³-hybridized carbons (Fsp3) is 0.333. The second-order valence-corrected chi connectivity index (χ2v) is 4.21. The van der Waals surface area contributed by atoms with Crippen LogP contribution < -0.4 is 0 Å². The Hall–Kier alpha value is 0.795. The fourth-order valence-electron chi connectivity index (χ4n) is 0.105. The molecule has 0 aromatic rings. The Morgan fingerprint density at radius 1 is 1.14 bits per heavy atom. The summed E-state index contributed by atoms with van der Waals surface area (Å²) < 4.78 is 10.1. The van der Waals surface area contributed by atoms with Crippen LogP contribution in [0.25, 0.3) is 0 Å². The Kier molecular flexibility index (Phi) is 34.0. The molecule has 0 amide bonds. The Morgan fingerprint density at radius 2 is 1.36 bits per heavy atom. The minimum Gasteiger partial charge on any atom is -0.398 e. The molecular weight excluding hydrogens is 262 g/mol. The largest absolute Gasteiger partial charge is 0.674 e. The molecule has 0 aliphatic carbocycles. The molecule has 2 N–H and O–H groups in total. The zero-order valence-corrected chi connectivity index (χ0v) is 11.0. The highest BCUT2D eigenvalue weighted by Gasteiger charge is 1.97. The summed E-state index contributed by atoms with van der Waals surface area (Å²) in [6.45, 7) is 6.96. The first kappa shape index (κ1) is 20.2. The van der Waals surface area contributed by atoms with Gasteiger partial charge >= 0.3 is 7.40 Å². The van der Waals surface area contributed by atoms with E-state index in [1.165, 1.54) is 21.6 Å². The summed E-state index contributed by atoms with van der Waals surface area (Å²) in [5, 5.41) is 13.9. The summed E-state index contributed by atoms with van der Waals surface area (Å²) in [4.78, 5) is 0. The average Bonchev–Trinajstić information content (AvgIpc) is 2.07. The molecule has 0 aromatic carbocycles. The molecule has 8 heteroatoms. The van der Waals surface area contributed by atoms with Gasteiger partial charge in [0.25, 0.3) is 0 Å². The first-order valence-corrected chi connectivity index (χ1v) is 7.39. The summed E-state index contributed by atoms with van der Waals surface area (Å²) in [7, 11) is 0.289. The maximum Gasteiger partial charge on any atom is 0.674 e. The molecule has 0 fully saturated rings. The molecule has 0 saturated carbocycles. The molecular formula is C6H14BFO2S4. The Bertz CT molecular complexity index is 105. The van der Waals surface area contributed by atoms with Crippen LogP contribution in [0.2, 0.25) is 0 Å². The molecule has 0 aliphatic heterocycles. The molecule has 0 bridgehead atoms. The predicted octanol–water partition coefficient (Wildman–Crippen LogP) is 2.43. The zero-order chi connectivity index (χ0) is 11.8. The predicted molar refractivity (Wildman–Crippen MR) is 74.6 cm³/mol. The van der Waals surface area contributed by atoms with Crippen LogP contribution in [0, 0.1) is 0 Å². The third-order valence-corrected chi connectivity index (χ3v) is 2.05. The second kappa shape index (κ2) is 23.5. The van der Waals surface area contributed by atoms with E-state index >= 15 is 0 Å². The Morgan fingerprint density at radius 3 is 1.36 bits per heavy atom. The number of rotatable bonds is 4. The molecule has 0 heterocycles. The van der Waals surface area contributed by atoms with Crippen molar-refractivity contribution in [1.29, 1.82) is 0 Å². The first-order valence-electron chi connectivity index (χ1n) is 3.31. The number of hydrogen-bond donors (Lipinski definition) is 4. The lowest BCUT2D eigenvalue weighted by Crippen LogP contribution is -1.98. The SMILES string of the molecule is C=CCSS.C=CCSS.OB(O)F. The van der Waals surface area contributed by atoms with Crippen molar-refractivity contribution in [2.45, 2.75) is 0 Å². The minimum absolute atomic E-state index is 0.934. The molecule has 0 radical (unpaired) electrons. The van der Waals surface area contributed by atoms with Crippen molar-refractivity contribution in [1.82, 2.24) is 0 Å². The van der Waals surface area contributed by atoms with Crippen LogP contribution in [-0.4, -0.2) is 28.9 Å². The van der Waals surface area contributed by atoms with Crippen LogP contribution >= 0.6 is 44.9 Å². The van der Waals surface area contributed by atoms with Crippen LogP contribution in [0.5, 0.6) is 0 Å². The highest BCUT2D eigenvalue weighted by molar-refractivity contribution is 8.68. The molecule has 0 unspecified atom stereocenters. The molecule has 0 aliphatic rings. The van der Waals surface area contributed by atoms with Gasteiger partial charge in [0.05, 0.1) is 0 Å². The standard InChI is InChI=1S/2C3H6S2.BFH2O2/c2*1-2-3-5-4;2-1(3)4/h2*2,4H,1,3H2;3-4H. The van der Waals surface area contributed by atoms with Crippen LogP contribution in [0.4, 0.5) is 4.32 Å². The van der Waals surface area contributed by atoms with Gasteiger partial charge in [-0.2, -0.15) is 0 Å². The fourth-order valence-corrected chi connectivity index (χ4v) is 0.949. The maximum absolute atomic E-state index is 10.1. The minimum atomic E-state index is -2.67. The van der Waals surface area contributed by atoms with E-state index in [1.807, 2.05) is 12.2 Å². The third-order valence-electron chi connectivity index (χ3n) is 0.385. The average molecular weight is 276 g/mol. The monoisotopic (exact) mass is 276 g/mol. The van der Waals surface area contributed by atoms with Crippen molar-refractivity contribution >= 4 is 52.3 Å². The molecule has 0 rings (SSSR count). The molecule has 0 spiro atoms. The van der Waals surface area contributed by atoms with Crippen LogP contribution in [0.15, 0.2) is 25.3 Å². The van der Waals surface area contributed by atoms with E-state index in [1.54, 1.807) is 0 Å². The van der Waals surface area contributed by atoms with Gasteiger partial charge in [-0.25, -0.2) is 0 Å². The molecule has 0 aromatic heterocycles. The van der Waals surface area contributed by atoms with Gasteiger partial charge in [-0.05, 0) is 0 Å². The van der Waals surface area contributed by atoms with Crippen molar-refractivity contribution in [3.8, 4) is 0 Å². The van der Waals surface area contributed by atoms with Gasteiger partial charge in [-0.15, -0.1) is 36.5 Å². The van der Waals surface area contributed by atoms with Crippen molar-refractivity contribution < 1.29 is 14.4 Å². The quantitative estimate of drug-likeness (QED) is 0.275. The number of halogens is 1. The molecule has 0 atom stereocenters. The Labute approximate surface area is 103 Å². The highest BCUT2D eigenvalue weighted by Crippen LogP contribution is 2.02. The summed E-state index contributed by atoms with van der Waals surface area (Å²) >= 11 is 7.69. The normalized spacial score (nSPS) is 7.21. The number of hydrogen-bond acceptors (Lipinski definition) is 6.